The van der Waals surface area contributed by atoms with E-state index in [4.69, 9.17) is 9.47 Å². The highest BCUT2D eigenvalue weighted by molar-refractivity contribution is 5.69. The van der Waals surface area contributed by atoms with Crippen molar-refractivity contribution in [3.8, 4) is 5.75 Å². The summed E-state index contributed by atoms with van der Waals surface area (Å²) in [7, 11) is 0. The maximum absolute atomic E-state index is 11.7. The van der Waals surface area contributed by atoms with E-state index in [1.807, 2.05) is 45.0 Å². The minimum absolute atomic E-state index is 0.0462. The van der Waals surface area contributed by atoms with Crippen LogP contribution in [0.2, 0.25) is 0 Å². The SMILES string of the molecule is CC(C)(C)OC(=O)CCCCCCCOc1ccc(N=Nc2cc(C(C)(C)C)cc(C(C)(C)C)c2)cc1. The summed E-state index contributed by atoms with van der Waals surface area (Å²) in [5.74, 6) is 0.737. The summed E-state index contributed by atoms with van der Waals surface area (Å²) in [5, 5.41) is 9.02. The molecule has 0 aliphatic heterocycles. The molecule has 0 aliphatic carbocycles. The fraction of sp³-hybridized carbons (Fsp3) is 0.594. The van der Waals surface area contributed by atoms with Crippen LogP contribution in [0.4, 0.5) is 11.4 Å². The molecule has 2 aromatic rings. The monoisotopic (exact) mass is 508 g/mol. The van der Waals surface area contributed by atoms with E-state index in [1.165, 1.54) is 11.1 Å². The number of unbranched alkanes of at least 4 members (excludes halogenated alkanes) is 4. The first kappa shape index (κ1) is 30.5. The molecule has 0 aromatic heterocycles. The van der Waals surface area contributed by atoms with E-state index < -0.39 is 5.60 Å². The third-order valence-corrected chi connectivity index (χ3v) is 5.98. The van der Waals surface area contributed by atoms with Gasteiger partial charge in [0.15, 0.2) is 0 Å². The zero-order valence-corrected chi connectivity index (χ0v) is 24.6. The predicted octanol–water partition coefficient (Wildman–Crippen LogP) is 9.76. The molecule has 0 atom stereocenters. The number of hydrogen-bond acceptors (Lipinski definition) is 5. The minimum Gasteiger partial charge on any atom is -0.494 e. The standard InChI is InChI=1S/C32H48N2O3/c1-30(2,3)24-21-25(31(4,5)6)23-27(22-24)34-33-26-16-18-28(19-17-26)36-20-14-12-10-11-13-15-29(35)37-32(7,8)9/h16-19,21-23H,10-15,20H2,1-9H3. The summed E-state index contributed by atoms with van der Waals surface area (Å²) in [6.07, 6.45) is 5.59. The van der Waals surface area contributed by atoms with E-state index in [1.54, 1.807) is 0 Å². The van der Waals surface area contributed by atoms with Crippen LogP contribution in [0, 0.1) is 0 Å². The normalized spacial score (nSPS) is 12.7. The Morgan fingerprint density at radius 3 is 1.73 bits per heavy atom. The number of azo groups is 1. The van der Waals surface area contributed by atoms with Crippen molar-refractivity contribution < 1.29 is 14.3 Å². The van der Waals surface area contributed by atoms with E-state index in [0.717, 1.165) is 49.2 Å². The Kier molecular flexibility index (Phi) is 10.9. The highest BCUT2D eigenvalue weighted by Gasteiger charge is 2.20. The van der Waals surface area contributed by atoms with Crippen molar-refractivity contribution in [2.75, 3.05) is 6.61 Å². The molecule has 0 spiro atoms. The largest absolute Gasteiger partial charge is 0.494 e. The van der Waals surface area contributed by atoms with Gasteiger partial charge in [0.2, 0.25) is 0 Å². The third kappa shape index (κ3) is 11.9. The van der Waals surface area contributed by atoms with E-state index >= 15 is 0 Å². The lowest BCUT2D eigenvalue weighted by atomic mass is 9.80. The number of nitrogens with zero attached hydrogens (tertiary/aromatic N) is 2. The van der Waals surface area contributed by atoms with Crippen LogP contribution in [0.15, 0.2) is 52.7 Å². The van der Waals surface area contributed by atoms with Gasteiger partial charge in [-0.1, -0.05) is 66.9 Å². The van der Waals surface area contributed by atoms with Crippen molar-refractivity contribution in [1.29, 1.82) is 0 Å². The van der Waals surface area contributed by atoms with Crippen molar-refractivity contribution >= 4 is 17.3 Å². The Balaban J connectivity index is 1.78. The van der Waals surface area contributed by atoms with Gasteiger partial charge in [-0.2, -0.15) is 10.2 Å². The molecule has 2 rings (SSSR count). The van der Waals surface area contributed by atoms with Gasteiger partial charge in [-0.15, -0.1) is 0 Å². The topological polar surface area (TPSA) is 60.2 Å². The molecule has 0 fully saturated rings. The Labute approximate surface area is 225 Å². The van der Waals surface area contributed by atoms with Crippen LogP contribution in [0.5, 0.6) is 5.75 Å². The lowest BCUT2D eigenvalue weighted by Gasteiger charge is -2.25. The molecule has 0 N–H and O–H groups in total. The van der Waals surface area contributed by atoms with Gasteiger partial charge in [-0.25, -0.2) is 0 Å². The molecule has 0 saturated carbocycles. The lowest BCUT2D eigenvalue weighted by molar-refractivity contribution is -0.154. The predicted molar refractivity (Wildman–Crippen MR) is 154 cm³/mol. The molecule has 0 saturated heterocycles. The van der Waals surface area contributed by atoms with E-state index in [-0.39, 0.29) is 16.8 Å². The van der Waals surface area contributed by atoms with Crippen LogP contribution in [0.3, 0.4) is 0 Å². The summed E-state index contributed by atoms with van der Waals surface area (Å²) in [6, 6.07) is 14.3. The van der Waals surface area contributed by atoms with Gasteiger partial charge in [0.05, 0.1) is 18.0 Å². The molecular weight excluding hydrogens is 460 g/mol. The molecule has 0 aliphatic rings. The zero-order chi connectivity index (χ0) is 27.7. The van der Waals surface area contributed by atoms with Crippen LogP contribution in [0.1, 0.15) is 112 Å². The van der Waals surface area contributed by atoms with Gasteiger partial charge in [0.25, 0.3) is 0 Å². The van der Waals surface area contributed by atoms with Gasteiger partial charge in [-0.3, -0.25) is 4.79 Å². The number of esters is 1. The molecule has 0 heterocycles. The maximum atomic E-state index is 11.7. The first-order valence-electron chi connectivity index (χ1n) is 13.7. The summed E-state index contributed by atoms with van der Waals surface area (Å²) < 4.78 is 11.2. The van der Waals surface area contributed by atoms with E-state index in [2.05, 4.69) is 70.0 Å². The van der Waals surface area contributed by atoms with Gasteiger partial charge in [0.1, 0.15) is 11.4 Å². The molecule has 2 aromatic carbocycles. The highest BCUT2D eigenvalue weighted by Crippen LogP contribution is 2.33. The molecule has 0 amide bonds. The summed E-state index contributed by atoms with van der Waals surface area (Å²) in [4.78, 5) is 11.7. The maximum Gasteiger partial charge on any atom is 0.306 e. The van der Waals surface area contributed by atoms with Gasteiger partial charge >= 0.3 is 5.97 Å². The fourth-order valence-corrected chi connectivity index (χ4v) is 3.74. The molecule has 0 unspecified atom stereocenters. The van der Waals surface area contributed by atoms with Crippen molar-refractivity contribution in [3.05, 3.63) is 53.6 Å². The van der Waals surface area contributed by atoms with Crippen molar-refractivity contribution in [2.24, 2.45) is 10.2 Å². The first-order valence-corrected chi connectivity index (χ1v) is 13.7. The molecule has 0 bridgehead atoms. The van der Waals surface area contributed by atoms with Crippen LogP contribution in [-0.2, 0) is 20.4 Å². The number of ether oxygens (including phenoxy) is 2. The average Bonchev–Trinajstić information content (AvgIpc) is 2.77. The highest BCUT2D eigenvalue weighted by atomic mass is 16.6. The minimum atomic E-state index is -0.399. The van der Waals surface area contributed by atoms with Crippen LogP contribution in [0.25, 0.3) is 0 Å². The summed E-state index contributed by atoms with van der Waals surface area (Å²) in [6.45, 7) is 19.7. The molecule has 5 nitrogen and oxygen atoms in total. The van der Waals surface area contributed by atoms with Crippen LogP contribution in [-0.4, -0.2) is 18.2 Å². The molecule has 37 heavy (non-hydrogen) atoms. The Morgan fingerprint density at radius 2 is 1.19 bits per heavy atom. The molecule has 0 radical (unpaired) electrons. The number of hydrogen-bond donors (Lipinski definition) is 0. The first-order chi connectivity index (χ1) is 17.1. The summed E-state index contributed by atoms with van der Waals surface area (Å²) in [5.41, 5.74) is 3.90. The zero-order valence-electron chi connectivity index (χ0n) is 24.6. The fourth-order valence-electron chi connectivity index (χ4n) is 3.74. The average molecular weight is 509 g/mol. The summed E-state index contributed by atoms with van der Waals surface area (Å²) >= 11 is 0. The Bertz CT molecular complexity index is 988. The Hall–Kier alpha value is -2.69. The second kappa shape index (κ2) is 13.2. The van der Waals surface area contributed by atoms with Gasteiger partial charge < -0.3 is 9.47 Å². The van der Waals surface area contributed by atoms with Gasteiger partial charge in [0, 0.05) is 6.42 Å². The molecule has 204 valence electrons. The van der Waals surface area contributed by atoms with Crippen LogP contribution >= 0.6 is 0 Å². The van der Waals surface area contributed by atoms with Crippen molar-refractivity contribution in [1.82, 2.24) is 0 Å². The van der Waals surface area contributed by atoms with Gasteiger partial charge in [-0.05, 0) is 92.0 Å². The number of benzene rings is 2. The van der Waals surface area contributed by atoms with Crippen LogP contribution < -0.4 is 4.74 Å². The number of rotatable bonds is 11. The van der Waals surface area contributed by atoms with E-state index in [0.29, 0.717) is 13.0 Å². The van der Waals surface area contributed by atoms with Crippen molar-refractivity contribution in [2.45, 2.75) is 117 Å². The molecule has 5 heteroatoms. The quantitative estimate of drug-likeness (QED) is 0.172. The number of carbonyl (C=O) groups excluding carboxylic acids is 1. The lowest BCUT2D eigenvalue weighted by Crippen LogP contribution is -2.23. The number of carbonyl (C=O) groups is 1. The molecular formula is C32H48N2O3. The second-order valence-electron chi connectivity index (χ2n) is 12.9. The second-order valence-corrected chi connectivity index (χ2v) is 12.9. The van der Waals surface area contributed by atoms with E-state index in [9.17, 15) is 4.79 Å². The Morgan fingerprint density at radius 1 is 0.676 bits per heavy atom. The van der Waals surface area contributed by atoms with Crippen molar-refractivity contribution in [3.63, 3.8) is 0 Å². The smallest absolute Gasteiger partial charge is 0.306 e. The third-order valence-electron chi connectivity index (χ3n) is 5.98.